The lowest BCUT2D eigenvalue weighted by atomic mass is 10.0. The number of aryl methyl sites for hydroxylation is 2. The van der Waals surface area contributed by atoms with Crippen molar-refractivity contribution in [1.29, 1.82) is 0 Å². The first kappa shape index (κ1) is 13.7. The number of fused-ring (bicyclic) bond motifs is 1. The number of amides is 2. The average Bonchev–Trinajstić information content (AvgIpc) is 2.49. The average molecular weight is 280 g/mol. The van der Waals surface area contributed by atoms with Crippen molar-refractivity contribution >= 4 is 11.7 Å². The fourth-order valence-corrected chi connectivity index (χ4v) is 2.82. The maximum atomic E-state index is 12.4. The predicted molar refractivity (Wildman–Crippen MR) is 85.5 cm³/mol. The number of carbonyl (C=O) groups is 1. The number of benzene rings is 2. The van der Waals surface area contributed by atoms with Gasteiger partial charge in [0.05, 0.1) is 0 Å². The van der Waals surface area contributed by atoms with E-state index in [4.69, 9.17) is 0 Å². The van der Waals surface area contributed by atoms with E-state index in [0.29, 0.717) is 6.54 Å². The van der Waals surface area contributed by atoms with Crippen molar-refractivity contribution in [3.63, 3.8) is 0 Å². The molecule has 3 nitrogen and oxygen atoms in total. The van der Waals surface area contributed by atoms with Crippen LogP contribution in [-0.4, -0.2) is 17.5 Å². The lowest BCUT2D eigenvalue weighted by Gasteiger charge is -2.29. The van der Waals surface area contributed by atoms with E-state index >= 15 is 0 Å². The molecule has 0 saturated carbocycles. The van der Waals surface area contributed by atoms with Crippen molar-refractivity contribution in [3.8, 4) is 0 Å². The largest absolute Gasteiger partial charge is 0.322 e. The molecule has 1 heterocycles. The summed E-state index contributed by atoms with van der Waals surface area (Å²) in [6.45, 7) is 5.54. The van der Waals surface area contributed by atoms with E-state index in [-0.39, 0.29) is 6.03 Å². The molecule has 3 rings (SSSR count). The topological polar surface area (TPSA) is 32.3 Å². The van der Waals surface area contributed by atoms with Gasteiger partial charge >= 0.3 is 6.03 Å². The molecule has 0 saturated heterocycles. The summed E-state index contributed by atoms with van der Waals surface area (Å²) in [5, 5.41) is 3.02. The van der Waals surface area contributed by atoms with Crippen LogP contribution in [0, 0.1) is 13.8 Å². The van der Waals surface area contributed by atoms with Crippen LogP contribution in [0.2, 0.25) is 0 Å². The fraction of sp³-hybridized carbons (Fsp3) is 0.278. The first-order chi connectivity index (χ1) is 10.1. The molecule has 0 spiro atoms. The third-order valence-electron chi connectivity index (χ3n) is 4.04. The van der Waals surface area contributed by atoms with Gasteiger partial charge in [-0.15, -0.1) is 0 Å². The van der Waals surface area contributed by atoms with E-state index < -0.39 is 0 Å². The molecular formula is C18H20N2O. The Labute approximate surface area is 125 Å². The summed E-state index contributed by atoms with van der Waals surface area (Å²) in [4.78, 5) is 14.3. The molecular weight excluding hydrogens is 260 g/mol. The van der Waals surface area contributed by atoms with Gasteiger partial charge in [0.1, 0.15) is 0 Å². The molecule has 1 N–H and O–H groups in total. The molecule has 2 amide bonds. The molecule has 0 atom stereocenters. The van der Waals surface area contributed by atoms with Crippen LogP contribution >= 0.6 is 0 Å². The zero-order chi connectivity index (χ0) is 14.8. The Hall–Kier alpha value is -2.29. The maximum absolute atomic E-state index is 12.4. The minimum absolute atomic E-state index is 0.0172. The van der Waals surface area contributed by atoms with Crippen LogP contribution in [0.3, 0.4) is 0 Å². The van der Waals surface area contributed by atoms with Gasteiger partial charge < -0.3 is 10.2 Å². The van der Waals surface area contributed by atoms with Gasteiger partial charge in [0.25, 0.3) is 0 Å². The number of carbonyl (C=O) groups excluding carboxylic acids is 1. The van der Waals surface area contributed by atoms with Gasteiger partial charge in [0.15, 0.2) is 0 Å². The van der Waals surface area contributed by atoms with E-state index in [0.717, 1.165) is 24.2 Å². The second kappa shape index (κ2) is 5.60. The van der Waals surface area contributed by atoms with Crippen molar-refractivity contribution in [2.24, 2.45) is 0 Å². The van der Waals surface area contributed by atoms with Crippen LogP contribution in [0.25, 0.3) is 0 Å². The van der Waals surface area contributed by atoms with E-state index in [1.807, 2.05) is 30.0 Å². The summed E-state index contributed by atoms with van der Waals surface area (Å²) in [5.74, 6) is 0. The first-order valence-electron chi connectivity index (χ1n) is 7.33. The number of hydrogen-bond donors (Lipinski definition) is 1. The molecule has 1 aliphatic heterocycles. The minimum atomic E-state index is -0.0172. The van der Waals surface area contributed by atoms with Crippen LogP contribution in [0.1, 0.15) is 22.3 Å². The van der Waals surface area contributed by atoms with Crippen molar-refractivity contribution in [2.75, 3.05) is 11.9 Å². The SMILES string of the molecule is Cc1ccc(NC(=O)N2CCc3ccccc3C2)c(C)c1. The molecule has 0 fully saturated rings. The van der Waals surface area contributed by atoms with Gasteiger partial charge in [-0.25, -0.2) is 4.79 Å². The smallest absolute Gasteiger partial charge is 0.320 e. The standard InChI is InChI=1S/C18H20N2O/c1-13-7-8-17(14(2)11-13)19-18(21)20-10-9-15-5-3-4-6-16(15)12-20/h3-8,11H,9-10,12H2,1-2H3,(H,19,21). The highest BCUT2D eigenvalue weighted by molar-refractivity contribution is 5.90. The molecule has 2 aromatic rings. The number of anilines is 1. The highest BCUT2D eigenvalue weighted by atomic mass is 16.2. The van der Waals surface area contributed by atoms with E-state index in [1.165, 1.54) is 16.7 Å². The van der Waals surface area contributed by atoms with Gasteiger partial charge in [-0.1, -0.05) is 42.0 Å². The van der Waals surface area contributed by atoms with Crippen molar-refractivity contribution < 1.29 is 4.79 Å². The molecule has 0 aliphatic carbocycles. The molecule has 0 unspecified atom stereocenters. The zero-order valence-corrected chi connectivity index (χ0v) is 12.5. The van der Waals surface area contributed by atoms with Crippen LogP contribution in [0.4, 0.5) is 10.5 Å². The van der Waals surface area contributed by atoms with Crippen molar-refractivity contribution in [2.45, 2.75) is 26.8 Å². The van der Waals surface area contributed by atoms with Gasteiger partial charge in [0, 0.05) is 18.8 Å². The van der Waals surface area contributed by atoms with Crippen LogP contribution in [-0.2, 0) is 13.0 Å². The highest BCUT2D eigenvalue weighted by Gasteiger charge is 2.20. The quantitative estimate of drug-likeness (QED) is 0.844. The summed E-state index contributed by atoms with van der Waals surface area (Å²) >= 11 is 0. The maximum Gasteiger partial charge on any atom is 0.322 e. The second-order valence-electron chi connectivity index (χ2n) is 5.69. The molecule has 1 aliphatic rings. The van der Waals surface area contributed by atoms with Gasteiger partial charge in [-0.05, 0) is 43.0 Å². The lowest BCUT2D eigenvalue weighted by Crippen LogP contribution is -2.38. The van der Waals surface area contributed by atoms with Gasteiger partial charge in [-0.2, -0.15) is 0 Å². The monoisotopic (exact) mass is 280 g/mol. The first-order valence-corrected chi connectivity index (χ1v) is 7.33. The zero-order valence-electron chi connectivity index (χ0n) is 12.5. The minimum Gasteiger partial charge on any atom is -0.320 e. The third kappa shape index (κ3) is 2.92. The molecule has 21 heavy (non-hydrogen) atoms. The molecule has 3 heteroatoms. The summed E-state index contributed by atoms with van der Waals surface area (Å²) in [6.07, 6.45) is 0.927. The summed E-state index contributed by atoms with van der Waals surface area (Å²) in [7, 11) is 0. The predicted octanol–water partition coefficient (Wildman–Crippen LogP) is 3.89. The molecule has 0 aromatic heterocycles. The number of urea groups is 1. The molecule has 0 bridgehead atoms. The Kier molecular flexibility index (Phi) is 3.65. The summed E-state index contributed by atoms with van der Waals surface area (Å²) < 4.78 is 0. The Balaban J connectivity index is 1.72. The normalized spacial score (nSPS) is 13.7. The molecule has 108 valence electrons. The summed E-state index contributed by atoms with van der Waals surface area (Å²) in [6, 6.07) is 14.4. The Morgan fingerprint density at radius 3 is 2.62 bits per heavy atom. The van der Waals surface area contributed by atoms with Crippen LogP contribution < -0.4 is 5.32 Å². The third-order valence-corrected chi connectivity index (χ3v) is 4.04. The van der Waals surface area contributed by atoms with Gasteiger partial charge in [0.2, 0.25) is 0 Å². The van der Waals surface area contributed by atoms with E-state index in [9.17, 15) is 4.79 Å². The number of rotatable bonds is 1. The van der Waals surface area contributed by atoms with E-state index in [2.05, 4.69) is 36.5 Å². The Morgan fingerprint density at radius 2 is 1.86 bits per heavy atom. The fourth-order valence-electron chi connectivity index (χ4n) is 2.82. The lowest BCUT2D eigenvalue weighted by molar-refractivity contribution is 0.206. The van der Waals surface area contributed by atoms with Crippen LogP contribution in [0.15, 0.2) is 42.5 Å². The van der Waals surface area contributed by atoms with Crippen LogP contribution in [0.5, 0.6) is 0 Å². The van der Waals surface area contributed by atoms with Gasteiger partial charge in [-0.3, -0.25) is 0 Å². The highest BCUT2D eigenvalue weighted by Crippen LogP contribution is 2.21. The number of nitrogens with one attached hydrogen (secondary N) is 1. The number of nitrogens with zero attached hydrogens (tertiary/aromatic N) is 1. The van der Waals surface area contributed by atoms with Crippen molar-refractivity contribution in [1.82, 2.24) is 4.90 Å². The Morgan fingerprint density at radius 1 is 1.10 bits per heavy atom. The molecule has 0 radical (unpaired) electrons. The molecule has 2 aromatic carbocycles. The Bertz CT molecular complexity index is 679. The van der Waals surface area contributed by atoms with Crippen molar-refractivity contribution in [3.05, 3.63) is 64.7 Å². The summed E-state index contributed by atoms with van der Waals surface area (Å²) in [5.41, 5.74) is 5.80. The second-order valence-corrected chi connectivity index (χ2v) is 5.69. The van der Waals surface area contributed by atoms with E-state index in [1.54, 1.807) is 0 Å². The number of hydrogen-bond acceptors (Lipinski definition) is 1.